The van der Waals surface area contributed by atoms with Crippen LogP contribution >= 0.6 is 0 Å². The number of imide groups is 1. The number of amides is 3. The van der Waals surface area contributed by atoms with Crippen LogP contribution in [0.3, 0.4) is 0 Å². The molecule has 3 amide bonds. The second-order valence-corrected chi connectivity index (χ2v) is 6.42. The lowest BCUT2D eigenvalue weighted by atomic mass is 9.85. The number of fused-ring (bicyclic) bond motifs is 1. The van der Waals surface area contributed by atoms with E-state index in [2.05, 4.69) is 4.90 Å². The molecule has 6 heteroatoms. The van der Waals surface area contributed by atoms with Gasteiger partial charge in [0.05, 0.1) is 11.8 Å². The minimum Gasteiger partial charge on any atom is -0.340 e. The topological polar surface area (TPSA) is 60.9 Å². The average molecular weight is 305 g/mol. The van der Waals surface area contributed by atoms with Gasteiger partial charge in [-0.25, -0.2) is 0 Å². The molecular formula is C16H23N3O3. The van der Waals surface area contributed by atoms with Gasteiger partial charge < -0.3 is 9.80 Å². The molecule has 2 fully saturated rings. The molecule has 2 heterocycles. The van der Waals surface area contributed by atoms with Crippen molar-refractivity contribution < 1.29 is 14.4 Å². The number of likely N-dealkylation sites (N-methyl/N-ethyl adjacent to an activating group) is 1. The third-order valence-electron chi connectivity index (χ3n) is 5.00. The molecule has 0 aromatic rings. The minimum atomic E-state index is -0.198. The number of allylic oxidation sites excluding steroid dienone is 2. The molecule has 0 saturated carbocycles. The summed E-state index contributed by atoms with van der Waals surface area (Å²) in [5, 5.41) is 0. The molecule has 0 aromatic carbocycles. The fourth-order valence-electron chi connectivity index (χ4n) is 3.51. The van der Waals surface area contributed by atoms with Gasteiger partial charge >= 0.3 is 0 Å². The van der Waals surface area contributed by atoms with E-state index < -0.39 is 0 Å². The standard InChI is InChI=1S/C16H23N3O3/c1-17-8-10-18(11-9-17)14(20)6-7-19-15(21)12-4-2-3-5-13(12)16(19)22/h2-3,12-13H,4-11H2,1H3/t12-,13-/m0/s1. The summed E-state index contributed by atoms with van der Waals surface area (Å²) >= 11 is 0. The molecule has 0 radical (unpaired) electrons. The number of hydrogen-bond donors (Lipinski definition) is 0. The maximum atomic E-state index is 12.3. The smallest absolute Gasteiger partial charge is 0.233 e. The number of rotatable bonds is 3. The van der Waals surface area contributed by atoms with E-state index in [1.54, 1.807) is 0 Å². The SMILES string of the molecule is CN1CCN(C(=O)CCN2C(=O)[C@H]3CC=CC[C@@H]3C2=O)CC1. The quantitative estimate of drug-likeness (QED) is 0.548. The Hall–Kier alpha value is -1.69. The van der Waals surface area contributed by atoms with Gasteiger partial charge in [0.25, 0.3) is 0 Å². The third-order valence-corrected chi connectivity index (χ3v) is 5.00. The maximum Gasteiger partial charge on any atom is 0.233 e. The molecule has 2 atom stereocenters. The molecule has 0 aromatic heterocycles. The van der Waals surface area contributed by atoms with Gasteiger partial charge in [-0.2, -0.15) is 0 Å². The first kappa shape index (κ1) is 15.2. The molecule has 120 valence electrons. The maximum absolute atomic E-state index is 12.3. The largest absolute Gasteiger partial charge is 0.340 e. The molecule has 0 bridgehead atoms. The van der Waals surface area contributed by atoms with Crippen LogP contribution in [0.2, 0.25) is 0 Å². The molecule has 0 unspecified atom stereocenters. The number of hydrogen-bond acceptors (Lipinski definition) is 4. The van der Waals surface area contributed by atoms with E-state index in [4.69, 9.17) is 0 Å². The van der Waals surface area contributed by atoms with Gasteiger partial charge in [-0.3, -0.25) is 19.3 Å². The van der Waals surface area contributed by atoms with Gasteiger partial charge in [-0.05, 0) is 19.9 Å². The Labute approximate surface area is 130 Å². The Morgan fingerprint density at radius 2 is 1.59 bits per heavy atom. The normalized spacial score (nSPS) is 29.1. The summed E-state index contributed by atoms with van der Waals surface area (Å²) in [5.74, 6) is -0.537. The Morgan fingerprint density at radius 3 is 2.14 bits per heavy atom. The zero-order chi connectivity index (χ0) is 15.7. The molecule has 2 aliphatic heterocycles. The molecular weight excluding hydrogens is 282 g/mol. The third kappa shape index (κ3) is 2.79. The Bertz CT molecular complexity index is 483. The van der Waals surface area contributed by atoms with Gasteiger partial charge in [0.2, 0.25) is 17.7 Å². The van der Waals surface area contributed by atoms with Gasteiger partial charge in [0.1, 0.15) is 0 Å². The van der Waals surface area contributed by atoms with E-state index in [9.17, 15) is 14.4 Å². The molecule has 6 nitrogen and oxygen atoms in total. The van der Waals surface area contributed by atoms with Crippen LogP contribution < -0.4 is 0 Å². The van der Waals surface area contributed by atoms with Gasteiger partial charge in [-0.1, -0.05) is 12.2 Å². The number of likely N-dealkylation sites (tertiary alicyclic amines) is 1. The number of nitrogens with zero attached hydrogens (tertiary/aromatic N) is 3. The van der Waals surface area contributed by atoms with Crippen LogP contribution in [0.25, 0.3) is 0 Å². The van der Waals surface area contributed by atoms with Crippen LogP contribution in [0.5, 0.6) is 0 Å². The van der Waals surface area contributed by atoms with Crippen LogP contribution in [-0.2, 0) is 14.4 Å². The second-order valence-electron chi connectivity index (χ2n) is 6.42. The lowest BCUT2D eigenvalue weighted by molar-refractivity contribution is -0.141. The van der Waals surface area contributed by atoms with Crippen LogP contribution in [0.15, 0.2) is 12.2 Å². The minimum absolute atomic E-state index is 0.0432. The molecule has 3 rings (SSSR count). The predicted molar refractivity (Wildman–Crippen MR) is 80.8 cm³/mol. The number of carbonyl (C=O) groups excluding carboxylic acids is 3. The summed E-state index contributed by atoms with van der Waals surface area (Å²) in [6.45, 7) is 3.45. The summed E-state index contributed by atoms with van der Waals surface area (Å²) < 4.78 is 0. The fourth-order valence-corrected chi connectivity index (χ4v) is 3.51. The van der Waals surface area contributed by atoms with E-state index in [0.29, 0.717) is 12.8 Å². The lowest BCUT2D eigenvalue weighted by Gasteiger charge is -2.32. The predicted octanol–water partition coefficient (Wildman–Crippen LogP) is 0.102. The van der Waals surface area contributed by atoms with Crippen molar-refractivity contribution in [1.29, 1.82) is 0 Å². The second kappa shape index (κ2) is 6.20. The average Bonchev–Trinajstić information content (AvgIpc) is 2.78. The van der Waals surface area contributed by atoms with Crippen molar-refractivity contribution in [3.05, 3.63) is 12.2 Å². The summed E-state index contributed by atoms with van der Waals surface area (Å²) in [6.07, 6.45) is 5.50. The lowest BCUT2D eigenvalue weighted by Crippen LogP contribution is -2.48. The molecule has 0 spiro atoms. The van der Waals surface area contributed by atoms with Crippen molar-refractivity contribution in [3.8, 4) is 0 Å². The van der Waals surface area contributed by atoms with E-state index in [0.717, 1.165) is 26.2 Å². The van der Waals surface area contributed by atoms with Crippen molar-refractivity contribution in [2.75, 3.05) is 39.8 Å². The highest BCUT2D eigenvalue weighted by Crippen LogP contribution is 2.35. The Morgan fingerprint density at radius 1 is 1.05 bits per heavy atom. The monoisotopic (exact) mass is 305 g/mol. The van der Waals surface area contributed by atoms with Gasteiger partial charge in [0, 0.05) is 39.1 Å². The van der Waals surface area contributed by atoms with Crippen molar-refractivity contribution in [2.45, 2.75) is 19.3 Å². The first-order chi connectivity index (χ1) is 10.6. The Kier molecular flexibility index (Phi) is 4.29. The summed E-state index contributed by atoms with van der Waals surface area (Å²) in [6, 6.07) is 0. The summed E-state index contributed by atoms with van der Waals surface area (Å²) in [5.41, 5.74) is 0. The van der Waals surface area contributed by atoms with Gasteiger partial charge in [-0.15, -0.1) is 0 Å². The molecule has 22 heavy (non-hydrogen) atoms. The molecule has 2 saturated heterocycles. The van der Waals surface area contributed by atoms with Crippen LogP contribution in [0.4, 0.5) is 0 Å². The van der Waals surface area contributed by atoms with E-state index in [1.165, 1.54) is 4.90 Å². The van der Waals surface area contributed by atoms with Crippen molar-refractivity contribution in [1.82, 2.24) is 14.7 Å². The number of carbonyl (C=O) groups is 3. The van der Waals surface area contributed by atoms with Crippen molar-refractivity contribution >= 4 is 17.7 Å². The zero-order valence-electron chi connectivity index (χ0n) is 13.0. The van der Waals surface area contributed by atoms with Crippen molar-refractivity contribution in [2.24, 2.45) is 11.8 Å². The van der Waals surface area contributed by atoms with Gasteiger partial charge in [0.15, 0.2) is 0 Å². The van der Waals surface area contributed by atoms with E-state index in [-0.39, 0.29) is 42.5 Å². The molecule has 3 aliphatic rings. The van der Waals surface area contributed by atoms with E-state index in [1.807, 2.05) is 24.1 Å². The number of piperazine rings is 1. The van der Waals surface area contributed by atoms with E-state index >= 15 is 0 Å². The fraction of sp³-hybridized carbons (Fsp3) is 0.688. The summed E-state index contributed by atoms with van der Waals surface area (Å²) in [7, 11) is 2.04. The first-order valence-corrected chi connectivity index (χ1v) is 8.04. The van der Waals surface area contributed by atoms with Crippen LogP contribution in [0, 0.1) is 11.8 Å². The Balaban J connectivity index is 1.54. The zero-order valence-corrected chi connectivity index (χ0v) is 13.0. The van der Waals surface area contributed by atoms with Crippen molar-refractivity contribution in [3.63, 3.8) is 0 Å². The highest BCUT2D eigenvalue weighted by molar-refractivity contribution is 6.05. The van der Waals surface area contributed by atoms with Crippen LogP contribution in [-0.4, -0.2) is 72.2 Å². The highest BCUT2D eigenvalue weighted by atomic mass is 16.2. The van der Waals surface area contributed by atoms with Crippen LogP contribution in [0.1, 0.15) is 19.3 Å². The first-order valence-electron chi connectivity index (χ1n) is 8.04. The summed E-state index contributed by atoms with van der Waals surface area (Å²) in [4.78, 5) is 42.2. The molecule has 1 aliphatic carbocycles. The highest BCUT2D eigenvalue weighted by Gasteiger charge is 2.46. The molecule has 0 N–H and O–H groups in total.